The summed E-state index contributed by atoms with van der Waals surface area (Å²) < 4.78 is 0. The lowest BCUT2D eigenvalue weighted by atomic mass is 9.87. The number of nitrogens with zero attached hydrogens (tertiary/aromatic N) is 1. The highest BCUT2D eigenvalue weighted by Gasteiger charge is 2.50. The maximum absolute atomic E-state index is 11.3. The third-order valence-corrected chi connectivity index (χ3v) is 7.17. The topological polar surface area (TPSA) is 43.7 Å². The quantitative estimate of drug-likeness (QED) is 0.843. The van der Waals surface area contributed by atoms with Crippen LogP contribution < -0.4 is 0 Å². The normalized spacial score (nSPS) is 30.2. The molecule has 2 aromatic rings. The highest BCUT2D eigenvalue weighted by molar-refractivity contribution is 5.33. The fourth-order valence-electron chi connectivity index (χ4n) is 5.41. The summed E-state index contributed by atoms with van der Waals surface area (Å²) in [4.78, 5) is 2.60. The summed E-state index contributed by atoms with van der Waals surface area (Å²) in [6, 6.07) is 16.4. The number of rotatable bonds is 4. The molecule has 27 heavy (non-hydrogen) atoms. The van der Waals surface area contributed by atoms with Gasteiger partial charge in [-0.15, -0.1) is 0 Å². The van der Waals surface area contributed by atoms with Gasteiger partial charge in [0.1, 0.15) is 5.75 Å². The van der Waals surface area contributed by atoms with E-state index in [4.69, 9.17) is 0 Å². The summed E-state index contributed by atoms with van der Waals surface area (Å²) in [5, 5.41) is 20.9. The second kappa shape index (κ2) is 6.96. The zero-order chi connectivity index (χ0) is 19.2. The highest BCUT2D eigenvalue weighted by Crippen LogP contribution is 2.50. The van der Waals surface area contributed by atoms with Crippen molar-refractivity contribution in [2.45, 2.75) is 51.2 Å². The van der Waals surface area contributed by atoms with E-state index < -0.39 is 5.60 Å². The Morgan fingerprint density at radius 2 is 1.56 bits per heavy atom. The number of hydrogen-bond acceptors (Lipinski definition) is 3. The molecular weight excluding hydrogens is 334 g/mol. The van der Waals surface area contributed by atoms with E-state index in [0.29, 0.717) is 29.5 Å². The molecule has 1 saturated heterocycles. The van der Waals surface area contributed by atoms with E-state index in [1.165, 1.54) is 11.1 Å². The summed E-state index contributed by atoms with van der Waals surface area (Å²) in [7, 11) is 0. The number of fused-ring (bicyclic) bond motifs is 1. The molecule has 2 fully saturated rings. The number of hydrogen-bond donors (Lipinski definition) is 2. The summed E-state index contributed by atoms with van der Waals surface area (Å²) in [6.45, 7) is 8.83. The predicted molar refractivity (Wildman–Crippen MR) is 109 cm³/mol. The van der Waals surface area contributed by atoms with E-state index >= 15 is 0 Å². The first-order chi connectivity index (χ1) is 12.9. The summed E-state index contributed by atoms with van der Waals surface area (Å²) >= 11 is 0. The minimum atomic E-state index is -0.654. The Balaban J connectivity index is 1.44. The molecule has 2 aliphatic rings. The molecule has 0 radical (unpaired) electrons. The molecule has 3 heteroatoms. The zero-order valence-electron chi connectivity index (χ0n) is 16.6. The number of phenols is 1. The fourth-order valence-corrected chi connectivity index (χ4v) is 5.41. The van der Waals surface area contributed by atoms with Crippen LogP contribution >= 0.6 is 0 Å². The van der Waals surface area contributed by atoms with Gasteiger partial charge in [0.25, 0.3) is 0 Å². The summed E-state index contributed by atoms with van der Waals surface area (Å²) in [5.74, 6) is 1.89. The van der Waals surface area contributed by atoms with Crippen molar-refractivity contribution >= 4 is 0 Å². The maximum atomic E-state index is 11.3. The monoisotopic (exact) mass is 365 g/mol. The fraction of sp³-hybridized carbons (Fsp3) is 0.500. The minimum absolute atomic E-state index is 0.324. The van der Waals surface area contributed by atoms with Gasteiger partial charge in [-0.05, 0) is 73.3 Å². The largest absolute Gasteiger partial charge is 0.508 e. The third-order valence-electron chi connectivity index (χ3n) is 7.17. The molecule has 1 heterocycles. The molecule has 3 nitrogen and oxygen atoms in total. The van der Waals surface area contributed by atoms with Gasteiger partial charge in [0.15, 0.2) is 0 Å². The Bertz CT molecular complexity index is 786. The van der Waals surface area contributed by atoms with Crippen LogP contribution in [0.15, 0.2) is 48.5 Å². The average Bonchev–Trinajstić information content (AvgIpc) is 3.17. The van der Waals surface area contributed by atoms with Crippen molar-refractivity contribution in [3.05, 3.63) is 65.2 Å². The first kappa shape index (κ1) is 18.5. The van der Waals surface area contributed by atoms with Crippen molar-refractivity contribution < 1.29 is 10.2 Å². The predicted octanol–water partition coefficient (Wildman–Crippen LogP) is 4.42. The van der Waals surface area contributed by atoms with Crippen LogP contribution in [0.1, 0.15) is 49.3 Å². The molecular formula is C24H31NO2. The minimum Gasteiger partial charge on any atom is -0.508 e. The van der Waals surface area contributed by atoms with E-state index in [9.17, 15) is 10.2 Å². The van der Waals surface area contributed by atoms with Gasteiger partial charge in [-0.25, -0.2) is 0 Å². The summed E-state index contributed by atoms with van der Waals surface area (Å²) in [5.41, 5.74) is 2.94. The molecule has 3 unspecified atom stereocenters. The van der Waals surface area contributed by atoms with Crippen molar-refractivity contribution in [2.24, 2.45) is 11.8 Å². The van der Waals surface area contributed by atoms with E-state index in [0.717, 1.165) is 31.5 Å². The summed E-state index contributed by atoms with van der Waals surface area (Å²) in [6.07, 6.45) is 1.75. The number of benzene rings is 2. The zero-order valence-corrected chi connectivity index (χ0v) is 16.6. The highest BCUT2D eigenvalue weighted by atomic mass is 16.3. The first-order valence-electron chi connectivity index (χ1n) is 10.2. The lowest BCUT2D eigenvalue weighted by Crippen LogP contribution is -2.37. The number of aromatic hydroxyl groups is 1. The second-order valence-electron chi connectivity index (χ2n) is 8.85. The Morgan fingerprint density at radius 1 is 0.963 bits per heavy atom. The molecule has 2 aromatic carbocycles. The molecule has 0 bridgehead atoms. The van der Waals surface area contributed by atoms with Crippen molar-refractivity contribution in [3.8, 4) is 5.75 Å². The second-order valence-corrected chi connectivity index (χ2v) is 8.85. The van der Waals surface area contributed by atoms with Crippen LogP contribution in [-0.2, 0) is 5.60 Å². The van der Waals surface area contributed by atoms with Crippen LogP contribution in [0, 0.1) is 18.8 Å². The molecule has 0 amide bonds. The van der Waals surface area contributed by atoms with Gasteiger partial charge in [0.2, 0.25) is 0 Å². The van der Waals surface area contributed by atoms with Crippen LogP contribution in [0.2, 0.25) is 0 Å². The standard InChI is InChI=1S/C24H31NO2/c1-16-6-4-5-7-23(16)24(27)12-20-14-25(15-21(20)13-24)18(3)17(2)19-8-10-22(26)11-9-19/h4-11,17-18,20-21,26-27H,12-15H2,1-3H3/t17?,18?,20-,21+,24?. The molecule has 4 rings (SSSR count). The molecule has 1 aliphatic carbocycles. The molecule has 1 aliphatic heterocycles. The van der Waals surface area contributed by atoms with Gasteiger partial charge in [0, 0.05) is 19.1 Å². The number of aliphatic hydroxyl groups is 1. The van der Waals surface area contributed by atoms with Gasteiger partial charge in [-0.1, -0.05) is 43.3 Å². The van der Waals surface area contributed by atoms with E-state index in [2.05, 4.69) is 37.8 Å². The number of aryl methyl sites for hydroxylation is 1. The molecule has 0 aromatic heterocycles. The molecule has 0 spiro atoms. The van der Waals surface area contributed by atoms with Crippen molar-refractivity contribution in [1.82, 2.24) is 4.90 Å². The Kier molecular flexibility index (Phi) is 4.77. The van der Waals surface area contributed by atoms with Gasteiger partial charge < -0.3 is 10.2 Å². The van der Waals surface area contributed by atoms with Gasteiger partial charge in [-0.2, -0.15) is 0 Å². The van der Waals surface area contributed by atoms with E-state index in [1.54, 1.807) is 12.1 Å². The Morgan fingerprint density at radius 3 is 2.15 bits per heavy atom. The van der Waals surface area contributed by atoms with E-state index in [-0.39, 0.29) is 0 Å². The molecule has 1 saturated carbocycles. The Hall–Kier alpha value is -1.84. The van der Waals surface area contributed by atoms with Crippen LogP contribution in [-0.4, -0.2) is 34.2 Å². The van der Waals surface area contributed by atoms with Gasteiger partial charge in [-0.3, -0.25) is 4.90 Å². The number of likely N-dealkylation sites (tertiary alicyclic amines) is 1. The lowest BCUT2D eigenvalue weighted by Gasteiger charge is -2.33. The van der Waals surface area contributed by atoms with Crippen LogP contribution in [0.4, 0.5) is 0 Å². The van der Waals surface area contributed by atoms with Crippen molar-refractivity contribution in [2.75, 3.05) is 13.1 Å². The van der Waals surface area contributed by atoms with Crippen LogP contribution in [0.25, 0.3) is 0 Å². The van der Waals surface area contributed by atoms with E-state index in [1.807, 2.05) is 24.3 Å². The van der Waals surface area contributed by atoms with Crippen molar-refractivity contribution in [1.29, 1.82) is 0 Å². The van der Waals surface area contributed by atoms with Crippen LogP contribution in [0.3, 0.4) is 0 Å². The smallest absolute Gasteiger partial charge is 0.115 e. The first-order valence-corrected chi connectivity index (χ1v) is 10.2. The van der Waals surface area contributed by atoms with Crippen LogP contribution in [0.5, 0.6) is 5.75 Å². The molecule has 144 valence electrons. The lowest BCUT2D eigenvalue weighted by molar-refractivity contribution is 0.0286. The maximum Gasteiger partial charge on any atom is 0.115 e. The third kappa shape index (κ3) is 3.39. The number of phenolic OH excluding ortho intramolecular Hbond substituents is 1. The van der Waals surface area contributed by atoms with Crippen molar-refractivity contribution in [3.63, 3.8) is 0 Å². The molecule has 5 atom stereocenters. The van der Waals surface area contributed by atoms with Gasteiger partial charge >= 0.3 is 0 Å². The Labute approximate surface area is 162 Å². The van der Waals surface area contributed by atoms with Gasteiger partial charge in [0.05, 0.1) is 5.60 Å². The average molecular weight is 366 g/mol. The molecule has 2 N–H and O–H groups in total. The SMILES string of the molecule is Cc1ccccc1C1(O)C[C@H]2CN(C(C)C(C)c3ccc(O)cc3)C[C@H]2C1.